The molecule has 7 heteroatoms. The molecule has 0 bridgehead atoms. The second-order valence-corrected chi connectivity index (χ2v) is 5.03. The first-order valence-electron chi connectivity index (χ1n) is 5.87. The van der Waals surface area contributed by atoms with Crippen molar-refractivity contribution >= 4 is 38.9 Å². The molecule has 0 radical (unpaired) electrons. The van der Waals surface area contributed by atoms with Crippen molar-refractivity contribution in [2.75, 3.05) is 17.7 Å². The van der Waals surface area contributed by atoms with Crippen molar-refractivity contribution in [2.45, 2.75) is 6.92 Å². The molecule has 6 nitrogen and oxygen atoms in total. The number of benzene rings is 1. The fourth-order valence-electron chi connectivity index (χ4n) is 1.68. The number of rotatable bonds is 4. The molecule has 0 aliphatic heterocycles. The highest BCUT2D eigenvalue weighted by Gasteiger charge is 2.16. The molecule has 0 unspecified atom stereocenters. The van der Waals surface area contributed by atoms with E-state index in [1.807, 2.05) is 25.1 Å². The van der Waals surface area contributed by atoms with Gasteiger partial charge < -0.3 is 10.6 Å². The summed E-state index contributed by atoms with van der Waals surface area (Å²) >= 11 is 3.43. The van der Waals surface area contributed by atoms with Gasteiger partial charge in [0, 0.05) is 17.6 Å². The van der Waals surface area contributed by atoms with Crippen LogP contribution in [-0.4, -0.2) is 17.0 Å². The van der Waals surface area contributed by atoms with E-state index < -0.39 is 4.92 Å². The molecule has 2 aromatic rings. The van der Waals surface area contributed by atoms with Crippen LogP contribution in [-0.2, 0) is 0 Å². The molecule has 0 fully saturated rings. The minimum absolute atomic E-state index is 0.0727. The van der Waals surface area contributed by atoms with E-state index in [0.29, 0.717) is 5.82 Å². The summed E-state index contributed by atoms with van der Waals surface area (Å²) in [7, 11) is 1.71. The van der Waals surface area contributed by atoms with Gasteiger partial charge in [-0.2, -0.15) is 0 Å². The van der Waals surface area contributed by atoms with E-state index in [-0.39, 0.29) is 11.5 Å². The van der Waals surface area contributed by atoms with Gasteiger partial charge >= 0.3 is 5.69 Å². The van der Waals surface area contributed by atoms with E-state index >= 15 is 0 Å². The van der Waals surface area contributed by atoms with Gasteiger partial charge in [-0.1, -0.05) is 6.07 Å². The number of aromatic nitrogens is 1. The summed E-state index contributed by atoms with van der Waals surface area (Å²) in [6.07, 6.45) is 0. The van der Waals surface area contributed by atoms with Crippen LogP contribution in [0.3, 0.4) is 0 Å². The van der Waals surface area contributed by atoms with E-state index in [4.69, 9.17) is 0 Å². The zero-order valence-electron chi connectivity index (χ0n) is 11.0. The predicted molar refractivity (Wildman–Crippen MR) is 82.6 cm³/mol. The minimum Gasteiger partial charge on any atom is -0.373 e. The number of nitrogens with one attached hydrogen (secondary N) is 2. The van der Waals surface area contributed by atoms with Crippen molar-refractivity contribution in [3.05, 3.63) is 50.5 Å². The maximum absolute atomic E-state index is 11.0. The Balaban J connectivity index is 2.43. The van der Waals surface area contributed by atoms with Crippen molar-refractivity contribution in [1.82, 2.24) is 4.98 Å². The van der Waals surface area contributed by atoms with E-state index in [1.54, 1.807) is 13.1 Å². The van der Waals surface area contributed by atoms with E-state index in [1.165, 1.54) is 6.07 Å². The SMILES string of the molecule is CNc1ccc([N+](=O)[O-])c(Nc2ccc(C)cc2Br)n1. The monoisotopic (exact) mass is 336 g/mol. The molecule has 1 heterocycles. The average Bonchev–Trinajstić information content (AvgIpc) is 2.41. The highest BCUT2D eigenvalue weighted by Crippen LogP contribution is 2.31. The maximum atomic E-state index is 11.0. The smallest absolute Gasteiger partial charge is 0.311 e. The second kappa shape index (κ2) is 5.87. The zero-order valence-corrected chi connectivity index (χ0v) is 12.6. The Morgan fingerprint density at radius 3 is 2.65 bits per heavy atom. The molecule has 2 N–H and O–H groups in total. The standard InChI is InChI=1S/C13H13BrN4O2/c1-8-3-4-10(9(14)7-8)16-13-11(18(19)20)5-6-12(15-2)17-13/h3-7H,1-2H3,(H2,15,16,17). The summed E-state index contributed by atoms with van der Waals surface area (Å²) in [4.78, 5) is 14.8. The quantitative estimate of drug-likeness (QED) is 0.654. The van der Waals surface area contributed by atoms with Crippen molar-refractivity contribution in [1.29, 1.82) is 0 Å². The molecule has 1 aromatic carbocycles. The summed E-state index contributed by atoms with van der Waals surface area (Å²) in [6.45, 7) is 1.97. The van der Waals surface area contributed by atoms with Crippen molar-refractivity contribution in [2.24, 2.45) is 0 Å². The molecular weight excluding hydrogens is 324 g/mol. The van der Waals surface area contributed by atoms with Crippen LogP contribution in [0.4, 0.5) is 23.0 Å². The van der Waals surface area contributed by atoms with Gasteiger partial charge in [-0.15, -0.1) is 0 Å². The van der Waals surface area contributed by atoms with Crippen LogP contribution in [0.15, 0.2) is 34.8 Å². The molecule has 2 rings (SSSR count). The Morgan fingerprint density at radius 1 is 1.30 bits per heavy atom. The molecule has 0 saturated heterocycles. The molecule has 0 amide bonds. The second-order valence-electron chi connectivity index (χ2n) is 4.18. The number of halogens is 1. The van der Waals surface area contributed by atoms with Gasteiger partial charge in [0.1, 0.15) is 5.82 Å². The lowest BCUT2D eigenvalue weighted by molar-refractivity contribution is -0.384. The van der Waals surface area contributed by atoms with Crippen molar-refractivity contribution in [3.8, 4) is 0 Å². The predicted octanol–water partition coefficient (Wildman–Crippen LogP) is 3.85. The van der Waals surface area contributed by atoms with Crippen LogP contribution in [0.5, 0.6) is 0 Å². The Kier molecular flexibility index (Phi) is 4.19. The normalized spacial score (nSPS) is 10.2. The average molecular weight is 337 g/mol. The number of anilines is 3. The molecule has 0 aliphatic rings. The largest absolute Gasteiger partial charge is 0.373 e. The van der Waals surface area contributed by atoms with Gasteiger partial charge in [-0.25, -0.2) is 4.98 Å². The number of nitro groups is 1. The molecule has 0 saturated carbocycles. The van der Waals surface area contributed by atoms with Crippen LogP contribution >= 0.6 is 15.9 Å². The number of aryl methyl sites for hydroxylation is 1. The summed E-state index contributed by atoms with van der Waals surface area (Å²) < 4.78 is 0.823. The Labute approximate surface area is 124 Å². The minimum atomic E-state index is -0.461. The van der Waals surface area contributed by atoms with E-state index in [0.717, 1.165) is 15.7 Å². The summed E-state index contributed by atoms with van der Waals surface area (Å²) in [5.74, 6) is 0.757. The number of hydrogen-bond donors (Lipinski definition) is 2. The van der Waals surface area contributed by atoms with Gasteiger partial charge in [0.2, 0.25) is 5.82 Å². The number of nitrogens with zero attached hydrogens (tertiary/aromatic N) is 2. The highest BCUT2D eigenvalue weighted by molar-refractivity contribution is 9.10. The molecule has 104 valence electrons. The van der Waals surface area contributed by atoms with E-state index in [2.05, 4.69) is 31.5 Å². The molecular formula is C13H13BrN4O2. The topological polar surface area (TPSA) is 80.1 Å². The lowest BCUT2D eigenvalue weighted by atomic mass is 10.2. The van der Waals surface area contributed by atoms with Crippen LogP contribution in [0, 0.1) is 17.0 Å². The maximum Gasteiger partial charge on any atom is 0.311 e. The first-order valence-corrected chi connectivity index (χ1v) is 6.67. The summed E-state index contributed by atoms with van der Waals surface area (Å²) in [5.41, 5.74) is 1.74. The first-order chi connectivity index (χ1) is 9.51. The number of pyridine rings is 1. The fraction of sp³-hybridized carbons (Fsp3) is 0.154. The Morgan fingerprint density at radius 2 is 2.05 bits per heavy atom. The van der Waals surface area contributed by atoms with Gasteiger partial charge in [-0.3, -0.25) is 10.1 Å². The van der Waals surface area contributed by atoms with Gasteiger partial charge in [0.25, 0.3) is 0 Å². The van der Waals surface area contributed by atoms with Crippen LogP contribution in [0.1, 0.15) is 5.56 Å². The summed E-state index contributed by atoms with van der Waals surface area (Å²) in [6, 6.07) is 8.67. The molecule has 1 aromatic heterocycles. The molecule has 0 spiro atoms. The molecule has 0 aliphatic carbocycles. The lowest BCUT2D eigenvalue weighted by Crippen LogP contribution is -2.02. The number of hydrogen-bond acceptors (Lipinski definition) is 5. The van der Waals surface area contributed by atoms with Gasteiger partial charge in [-0.05, 0) is 46.6 Å². The van der Waals surface area contributed by atoms with Crippen LogP contribution in [0.25, 0.3) is 0 Å². The Bertz CT molecular complexity index is 661. The zero-order chi connectivity index (χ0) is 14.7. The molecule has 20 heavy (non-hydrogen) atoms. The van der Waals surface area contributed by atoms with Gasteiger partial charge in [0.15, 0.2) is 0 Å². The third-order valence-electron chi connectivity index (χ3n) is 2.70. The Hall–Kier alpha value is -2.15. The van der Waals surface area contributed by atoms with Crippen LogP contribution in [0.2, 0.25) is 0 Å². The third kappa shape index (κ3) is 3.05. The van der Waals surface area contributed by atoms with Crippen LogP contribution < -0.4 is 10.6 Å². The van der Waals surface area contributed by atoms with Gasteiger partial charge in [0.05, 0.1) is 10.6 Å². The summed E-state index contributed by atoms with van der Waals surface area (Å²) in [5, 5.41) is 16.9. The lowest BCUT2D eigenvalue weighted by Gasteiger charge is -2.10. The fourth-order valence-corrected chi connectivity index (χ4v) is 2.27. The van der Waals surface area contributed by atoms with Crippen molar-refractivity contribution < 1.29 is 4.92 Å². The first kappa shape index (κ1) is 14.3. The third-order valence-corrected chi connectivity index (χ3v) is 3.36. The molecule has 0 atom stereocenters. The highest BCUT2D eigenvalue weighted by atomic mass is 79.9. The van der Waals surface area contributed by atoms with Crippen molar-refractivity contribution in [3.63, 3.8) is 0 Å². The van der Waals surface area contributed by atoms with E-state index in [9.17, 15) is 10.1 Å².